The lowest BCUT2D eigenvalue weighted by molar-refractivity contribution is 0.475. The van der Waals surface area contributed by atoms with Gasteiger partial charge in [0.15, 0.2) is 0 Å². The van der Waals surface area contributed by atoms with E-state index in [1.165, 1.54) is 18.2 Å². The fourth-order valence-electron chi connectivity index (χ4n) is 0.749. The van der Waals surface area contributed by atoms with Gasteiger partial charge in [-0.2, -0.15) is 5.26 Å². The van der Waals surface area contributed by atoms with Gasteiger partial charge in [0, 0.05) is 5.56 Å². The molecule has 1 rings (SSSR count). The number of nitrogens with zero attached hydrogens (tertiary/aromatic N) is 1. The Morgan fingerprint density at radius 1 is 1.36 bits per heavy atom. The van der Waals surface area contributed by atoms with E-state index < -0.39 is 0 Å². The van der Waals surface area contributed by atoms with Gasteiger partial charge in [0.2, 0.25) is 0 Å². The number of phenolic OH excluding ortho intramolecular Hbond substituents is 1. The molecular formula is C9H5NO. The molecule has 0 aromatic heterocycles. The highest BCUT2D eigenvalue weighted by molar-refractivity contribution is 5.50. The number of hydrogen-bond donors (Lipinski definition) is 1. The highest BCUT2D eigenvalue weighted by Gasteiger charge is 1.98. The van der Waals surface area contributed by atoms with Crippen LogP contribution in [0.1, 0.15) is 11.1 Å². The van der Waals surface area contributed by atoms with Crippen LogP contribution in [0.3, 0.4) is 0 Å². The third kappa shape index (κ3) is 1.31. The van der Waals surface area contributed by atoms with Gasteiger partial charge in [-0.1, -0.05) is 5.92 Å². The molecule has 2 nitrogen and oxygen atoms in total. The zero-order valence-electron chi connectivity index (χ0n) is 5.70. The summed E-state index contributed by atoms with van der Waals surface area (Å²) in [5.41, 5.74) is 0.831. The van der Waals surface area contributed by atoms with E-state index in [9.17, 15) is 0 Å². The first-order valence-corrected chi connectivity index (χ1v) is 2.97. The van der Waals surface area contributed by atoms with Crippen LogP contribution in [0.2, 0.25) is 0 Å². The summed E-state index contributed by atoms with van der Waals surface area (Å²) in [6, 6.07) is 6.23. The lowest BCUT2D eigenvalue weighted by Crippen LogP contribution is -1.81. The Hall–Kier alpha value is -1.93. The fourth-order valence-corrected chi connectivity index (χ4v) is 0.749. The molecule has 52 valence electrons. The van der Waals surface area contributed by atoms with E-state index >= 15 is 0 Å². The van der Waals surface area contributed by atoms with Gasteiger partial charge in [-0.3, -0.25) is 0 Å². The Morgan fingerprint density at radius 2 is 2.09 bits per heavy atom. The normalized spacial score (nSPS) is 8.18. The van der Waals surface area contributed by atoms with E-state index in [4.69, 9.17) is 16.8 Å². The van der Waals surface area contributed by atoms with Gasteiger partial charge in [0.1, 0.15) is 11.8 Å². The molecule has 0 spiro atoms. The summed E-state index contributed by atoms with van der Waals surface area (Å²) >= 11 is 0. The third-order valence-corrected chi connectivity index (χ3v) is 1.28. The molecule has 0 radical (unpaired) electrons. The maximum atomic E-state index is 8.96. The minimum Gasteiger partial charge on any atom is -0.508 e. The third-order valence-electron chi connectivity index (χ3n) is 1.28. The number of rotatable bonds is 0. The molecule has 0 atom stereocenters. The van der Waals surface area contributed by atoms with Gasteiger partial charge in [-0.25, -0.2) is 0 Å². The second-order valence-electron chi connectivity index (χ2n) is 1.99. The van der Waals surface area contributed by atoms with Gasteiger partial charge >= 0.3 is 0 Å². The van der Waals surface area contributed by atoms with Crippen LogP contribution < -0.4 is 0 Å². The van der Waals surface area contributed by atoms with Crippen molar-refractivity contribution in [2.75, 3.05) is 0 Å². The number of aromatic hydroxyl groups is 1. The van der Waals surface area contributed by atoms with E-state index in [-0.39, 0.29) is 5.75 Å². The molecule has 1 aromatic carbocycles. The highest BCUT2D eigenvalue weighted by Crippen LogP contribution is 2.14. The van der Waals surface area contributed by atoms with Crippen LogP contribution in [-0.2, 0) is 0 Å². The molecule has 0 saturated carbocycles. The Bertz CT molecular complexity index is 355. The summed E-state index contributed by atoms with van der Waals surface area (Å²) in [6.45, 7) is 0. The fraction of sp³-hybridized carbons (Fsp3) is 0. The standard InChI is InChI=1S/C9H5NO/c1-2-7-5-9(11)4-3-8(7)6-10/h1,3-5,11H. The summed E-state index contributed by atoms with van der Waals surface area (Å²) in [6.07, 6.45) is 5.08. The maximum absolute atomic E-state index is 8.96. The number of hydrogen-bond acceptors (Lipinski definition) is 2. The summed E-state index contributed by atoms with van der Waals surface area (Å²) < 4.78 is 0. The largest absolute Gasteiger partial charge is 0.508 e. The lowest BCUT2D eigenvalue weighted by atomic mass is 10.1. The van der Waals surface area contributed by atoms with Gasteiger partial charge in [-0.15, -0.1) is 6.42 Å². The van der Waals surface area contributed by atoms with Crippen LogP contribution in [0.4, 0.5) is 0 Å². The first kappa shape index (κ1) is 7.18. The Balaban J connectivity index is 3.34. The van der Waals surface area contributed by atoms with Crippen LogP contribution in [0, 0.1) is 23.7 Å². The van der Waals surface area contributed by atoms with Gasteiger partial charge in [-0.05, 0) is 18.2 Å². The molecule has 0 aliphatic rings. The van der Waals surface area contributed by atoms with Crippen LogP contribution in [0.15, 0.2) is 18.2 Å². The molecule has 0 heterocycles. The molecule has 0 bridgehead atoms. The zero-order chi connectivity index (χ0) is 8.27. The molecule has 0 saturated heterocycles. The van der Waals surface area contributed by atoms with E-state index in [1.807, 2.05) is 6.07 Å². The highest BCUT2D eigenvalue weighted by atomic mass is 16.3. The predicted octanol–water partition coefficient (Wildman–Crippen LogP) is 1.25. The maximum Gasteiger partial charge on any atom is 0.116 e. The number of nitriles is 1. The van der Waals surface area contributed by atoms with Crippen molar-refractivity contribution in [1.29, 1.82) is 5.26 Å². The molecule has 11 heavy (non-hydrogen) atoms. The summed E-state index contributed by atoms with van der Waals surface area (Å²) in [5, 5.41) is 17.5. The van der Waals surface area contributed by atoms with Gasteiger partial charge in [0.25, 0.3) is 0 Å². The first-order valence-electron chi connectivity index (χ1n) is 2.97. The summed E-state index contributed by atoms with van der Waals surface area (Å²) in [5.74, 6) is 2.39. The molecule has 1 aromatic rings. The Kier molecular flexibility index (Phi) is 1.81. The smallest absolute Gasteiger partial charge is 0.116 e. The van der Waals surface area contributed by atoms with Crippen molar-refractivity contribution in [1.82, 2.24) is 0 Å². The topological polar surface area (TPSA) is 44.0 Å². The summed E-state index contributed by atoms with van der Waals surface area (Å²) in [4.78, 5) is 0. The minimum absolute atomic E-state index is 0.0805. The minimum atomic E-state index is 0.0805. The van der Waals surface area contributed by atoms with E-state index in [0.717, 1.165) is 0 Å². The molecule has 2 heteroatoms. The quantitative estimate of drug-likeness (QED) is 0.555. The molecular weight excluding hydrogens is 138 g/mol. The van der Waals surface area contributed by atoms with Crippen molar-refractivity contribution in [2.24, 2.45) is 0 Å². The van der Waals surface area contributed by atoms with Crippen molar-refractivity contribution >= 4 is 0 Å². The van der Waals surface area contributed by atoms with Crippen molar-refractivity contribution in [2.45, 2.75) is 0 Å². The second-order valence-corrected chi connectivity index (χ2v) is 1.99. The van der Waals surface area contributed by atoms with E-state index in [2.05, 4.69) is 5.92 Å². The monoisotopic (exact) mass is 143 g/mol. The Labute approximate surface area is 64.7 Å². The molecule has 0 unspecified atom stereocenters. The number of benzene rings is 1. The van der Waals surface area contributed by atoms with E-state index in [0.29, 0.717) is 11.1 Å². The van der Waals surface area contributed by atoms with E-state index in [1.54, 1.807) is 0 Å². The number of phenols is 1. The van der Waals surface area contributed by atoms with Gasteiger partial charge in [0.05, 0.1) is 5.56 Å². The van der Waals surface area contributed by atoms with Crippen molar-refractivity contribution in [3.63, 3.8) is 0 Å². The van der Waals surface area contributed by atoms with Crippen LogP contribution in [0.5, 0.6) is 5.75 Å². The van der Waals surface area contributed by atoms with Crippen molar-refractivity contribution in [3.05, 3.63) is 29.3 Å². The molecule has 0 fully saturated rings. The predicted molar refractivity (Wildman–Crippen MR) is 40.8 cm³/mol. The summed E-state index contributed by atoms with van der Waals surface area (Å²) in [7, 11) is 0. The van der Waals surface area contributed by atoms with Crippen molar-refractivity contribution in [3.8, 4) is 24.2 Å². The molecule has 0 aliphatic carbocycles. The Morgan fingerprint density at radius 3 is 2.64 bits per heavy atom. The average Bonchev–Trinajstić information content (AvgIpc) is 2.04. The first-order chi connectivity index (χ1) is 5.27. The van der Waals surface area contributed by atoms with Gasteiger partial charge < -0.3 is 5.11 Å². The average molecular weight is 143 g/mol. The SMILES string of the molecule is C#Cc1cc(O)ccc1C#N. The van der Waals surface area contributed by atoms with Crippen LogP contribution in [0.25, 0.3) is 0 Å². The lowest BCUT2D eigenvalue weighted by Gasteiger charge is -1.94. The van der Waals surface area contributed by atoms with Crippen LogP contribution in [-0.4, -0.2) is 5.11 Å². The number of terminal acetylenes is 1. The molecule has 0 amide bonds. The molecule has 1 N–H and O–H groups in total. The van der Waals surface area contributed by atoms with Crippen LogP contribution >= 0.6 is 0 Å². The molecule has 0 aliphatic heterocycles. The second kappa shape index (κ2) is 2.77. The zero-order valence-corrected chi connectivity index (χ0v) is 5.70. The van der Waals surface area contributed by atoms with Crippen molar-refractivity contribution < 1.29 is 5.11 Å².